The van der Waals surface area contributed by atoms with Crippen molar-refractivity contribution in [2.75, 3.05) is 6.79 Å². The number of pyridine rings is 1. The minimum absolute atomic E-state index is 0.106. The standard InChI is InChI=1S/C16H14N2O5/c1-9(10-3-5-13-14(6-10)23-8-22-13)18-15(19)11-2-4-12(16(20)21)17-7-11/h2-7,9H,8H2,1H3,(H,18,19)(H,20,21)/t9-/m0/s1. The largest absolute Gasteiger partial charge is 0.477 e. The average Bonchev–Trinajstić information content (AvgIpc) is 3.02. The first-order chi connectivity index (χ1) is 11.0. The summed E-state index contributed by atoms with van der Waals surface area (Å²) in [7, 11) is 0. The van der Waals surface area contributed by atoms with Crippen molar-refractivity contribution in [3.63, 3.8) is 0 Å². The number of rotatable bonds is 4. The van der Waals surface area contributed by atoms with Crippen molar-refractivity contribution >= 4 is 11.9 Å². The third-order valence-electron chi connectivity index (χ3n) is 3.49. The molecule has 0 radical (unpaired) electrons. The van der Waals surface area contributed by atoms with E-state index in [4.69, 9.17) is 14.6 Å². The number of carbonyl (C=O) groups is 2. The molecular formula is C16H14N2O5. The molecule has 1 aromatic carbocycles. The van der Waals surface area contributed by atoms with Crippen molar-refractivity contribution in [1.82, 2.24) is 10.3 Å². The first-order valence-corrected chi connectivity index (χ1v) is 6.94. The van der Waals surface area contributed by atoms with Gasteiger partial charge in [-0.05, 0) is 36.8 Å². The number of aromatic carboxylic acids is 1. The summed E-state index contributed by atoms with van der Waals surface area (Å²) >= 11 is 0. The molecule has 1 aliphatic rings. The predicted molar refractivity (Wildman–Crippen MR) is 79.6 cm³/mol. The fraction of sp³-hybridized carbons (Fsp3) is 0.188. The van der Waals surface area contributed by atoms with Crippen molar-refractivity contribution in [1.29, 1.82) is 0 Å². The van der Waals surface area contributed by atoms with Crippen molar-refractivity contribution in [3.05, 3.63) is 53.3 Å². The van der Waals surface area contributed by atoms with E-state index in [1.807, 2.05) is 19.1 Å². The zero-order valence-electron chi connectivity index (χ0n) is 12.3. The zero-order chi connectivity index (χ0) is 16.4. The van der Waals surface area contributed by atoms with Crippen LogP contribution >= 0.6 is 0 Å². The molecule has 7 heteroatoms. The number of benzene rings is 1. The van der Waals surface area contributed by atoms with Gasteiger partial charge in [0.05, 0.1) is 11.6 Å². The summed E-state index contributed by atoms with van der Waals surface area (Å²) in [5.74, 6) is -0.137. The molecule has 1 amide bonds. The molecule has 1 aliphatic heterocycles. The summed E-state index contributed by atoms with van der Waals surface area (Å²) in [4.78, 5) is 26.7. The van der Waals surface area contributed by atoms with E-state index >= 15 is 0 Å². The molecule has 2 heterocycles. The number of nitrogens with one attached hydrogen (secondary N) is 1. The Morgan fingerprint density at radius 2 is 2.00 bits per heavy atom. The van der Waals surface area contributed by atoms with Gasteiger partial charge in [0.1, 0.15) is 5.69 Å². The number of fused-ring (bicyclic) bond motifs is 1. The number of nitrogens with zero attached hydrogens (tertiary/aromatic N) is 1. The van der Waals surface area contributed by atoms with Gasteiger partial charge in [-0.2, -0.15) is 0 Å². The topological polar surface area (TPSA) is 97.8 Å². The number of hydrogen-bond donors (Lipinski definition) is 2. The molecule has 0 saturated carbocycles. The van der Waals surface area contributed by atoms with E-state index in [9.17, 15) is 9.59 Å². The number of carboxylic acid groups (broad SMARTS) is 1. The highest BCUT2D eigenvalue weighted by molar-refractivity contribution is 5.95. The van der Waals surface area contributed by atoms with Crippen LogP contribution in [0.25, 0.3) is 0 Å². The molecule has 0 spiro atoms. The highest BCUT2D eigenvalue weighted by Gasteiger charge is 2.17. The van der Waals surface area contributed by atoms with Gasteiger partial charge in [-0.25, -0.2) is 9.78 Å². The van der Waals surface area contributed by atoms with Crippen LogP contribution in [0.5, 0.6) is 11.5 Å². The van der Waals surface area contributed by atoms with Gasteiger partial charge in [0.2, 0.25) is 6.79 Å². The minimum atomic E-state index is -1.13. The SMILES string of the molecule is C[C@H](NC(=O)c1ccc(C(=O)O)nc1)c1ccc2c(c1)OCO2. The molecule has 0 bridgehead atoms. The molecule has 0 aliphatic carbocycles. The average molecular weight is 314 g/mol. The highest BCUT2D eigenvalue weighted by Crippen LogP contribution is 2.34. The fourth-order valence-corrected chi connectivity index (χ4v) is 2.20. The summed E-state index contributed by atoms with van der Waals surface area (Å²) in [5, 5.41) is 11.6. The van der Waals surface area contributed by atoms with E-state index in [-0.39, 0.29) is 24.4 Å². The molecule has 118 valence electrons. The van der Waals surface area contributed by atoms with Crippen molar-refractivity contribution in [2.45, 2.75) is 13.0 Å². The normalized spacial score (nSPS) is 13.4. The van der Waals surface area contributed by atoms with Gasteiger partial charge >= 0.3 is 5.97 Å². The number of hydrogen-bond acceptors (Lipinski definition) is 5. The van der Waals surface area contributed by atoms with Gasteiger partial charge in [0, 0.05) is 6.20 Å². The molecule has 0 saturated heterocycles. The Bertz CT molecular complexity index is 758. The summed E-state index contributed by atoms with van der Waals surface area (Å²) in [6, 6.07) is 7.93. The molecule has 3 rings (SSSR count). The van der Waals surface area contributed by atoms with E-state index in [0.717, 1.165) is 5.56 Å². The minimum Gasteiger partial charge on any atom is -0.477 e. The van der Waals surface area contributed by atoms with Crippen molar-refractivity contribution in [3.8, 4) is 11.5 Å². The molecule has 2 aromatic rings. The Balaban J connectivity index is 1.70. The van der Waals surface area contributed by atoms with Crippen LogP contribution in [-0.4, -0.2) is 28.8 Å². The lowest BCUT2D eigenvalue weighted by molar-refractivity contribution is 0.0689. The number of ether oxygens (including phenoxy) is 2. The van der Waals surface area contributed by atoms with Crippen LogP contribution in [0, 0.1) is 0 Å². The van der Waals surface area contributed by atoms with Crippen LogP contribution in [0.15, 0.2) is 36.5 Å². The summed E-state index contributed by atoms with van der Waals surface area (Å²) in [6.45, 7) is 2.04. The summed E-state index contributed by atoms with van der Waals surface area (Å²) in [6.07, 6.45) is 1.24. The molecule has 1 atom stereocenters. The Hall–Kier alpha value is -3.09. The molecule has 23 heavy (non-hydrogen) atoms. The molecule has 0 fully saturated rings. The quantitative estimate of drug-likeness (QED) is 0.895. The van der Waals surface area contributed by atoms with Gasteiger partial charge in [0.15, 0.2) is 11.5 Å². The first-order valence-electron chi connectivity index (χ1n) is 6.94. The molecular weight excluding hydrogens is 300 g/mol. The van der Waals surface area contributed by atoms with E-state index in [1.54, 1.807) is 6.07 Å². The van der Waals surface area contributed by atoms with Crippen LogP contribution in [0.3, 0.4) is 0 Å². The molecule has 1 aromatic heterocycles. The number of carboxylic acids is 1. The monoisotopic (exact) mass is 314 g/mol. The van der Waals surface area contributed by atoms with Crippen LogP contribution in [0.2, 0.25) is 0 Å². The maximum absolute atomic E-state index is 12.2. The lowest BCUT2D eigenvalue weighted by Gasteiger charge is -2.14. The highest BCUT2D eigenvalue weighted by atomic mass is 16.7. The third-order valence-corrected chi connectivity index (χ3v) is 3.49. The van der Waals surface area contributed by atoms with Crippen LogP contribution in [0.4, 0.5) is 0 Å². The number of aromatic nitrogens is 1. The third kappa shape index (κ3) is 3.08. The lowest BCUT2D eigenvalue weighted by Crippen LogP contribution is -2.26. The second kappa shape index (κ2) is 5.96. The van der Waals surface area contributed by atoms with Crippen LogP contribution in [0.1, 0.15) is 39.4 Å². The van der Waals surface area contributed by atoms with E-state index in [1.165, 1.54) is 18.3 Å². The lowest BCUT2D eigenvalue weighted by atomic mass is 10.1. The zero-order valence-corrected chi connectivity index (χ0v) is 12.3. The molecule has 0 unspecified atom stereocenters. The predicted octanol–water partition coefficient (Wildman–Crippen LogP) is 2.00. The van der Waals surface area contributed by atoms with Gasteiger partial charge in [-0.3, -0.25) is 4.79 Å². The Labute approximate surface area is 131 Å². The Morgan fingerprint density at radius 1 is 1.22 bits per heavy atom. The van der Waals surface area contributed by atoms with Crippen molar-refractivity contribution in [2.24, 2.45) is 0 Å². The second-order valence-electron chi connectivity index (χ2n) is 5.05. The second-order valence-corrected chi connectivity index (χ2v) is 5.05. The van der Waals surface area contributed by atoms with E-state index in [0.29, 0.717) is 17.1 Å². The van der Waals surface area contributed by atoms with E-state index in [2.05, 4.69) is 10.3 Å². The maximum atomic E-state index is 12.2. The fourth-order valence-electron chi connectivity index (χ4n) is 2.20. The maximum Gasteiger partial charge on any atom is 0.354 e. The van der Waals surface area contributed by atoms with Crippen molar-refractivity contribution < 1.29 is 24.2 Å². The number of amides is 1. The van der Waals surface area contributed by atoms with Crippen LogP contribution < -0.4 is 14.8 Å². The van der Waals surface area contributed by atoms with Gasteiger partial charge in [-0.1, -0.05) is 6.07 Å². The molecule has 2 N–H and O–H groups in total. The Morgan fingerprint density at radius 3 is 2.70 bits per heavy atom. The molecule has 7 nitrogen and oxygen atoms in total. The number of carbonyl (C=O) groups excluding carboxylic acids is 1. The summed E-state index contributed by atoms with van der Waals surface area (Å²) in [5.41, 5.74) is 1.06. The van der Waals surface area contributed by atoms with Crippen LogP contribution in [-0.2, 0) is 0 Å². The van der Waals surface area contributed by atoms with E-state index < -0.39 is 5.97 Å². The first kappa shape index (κ1) is 14.8. The van der Waals surface area contributed by atoms with Gasteiger partial charge in [-0.15, -0.1) is 0 Å². The Kier molecular flexibility index (Phi) is 3.84. The van der Waals surface area contributed by atoms with Gasteiger partial charge in [0.25, 0.3) is 5.91 Å². The smallest absolute Gasteiger partial charge is 0.354 e. The summed E-state index contributed by atoms with van der Waals surface area (Å²) < 4.78 is 10.6. The van der Waals surface area contributed by atoms with Gasteiger partial charge < -0.3 is 19.9 Å².